The number of fused-ring (bicyclic) bond motifs is 2. The molecule has 6 nitrogen and oxygen atoms in total. The van der Waals surface area contributed by atoms with Crippen molar-refractivity contribution >= 4 is 22.9 Å². The zero-order chi connectivity index (χ0) is 24.4. The summed E-state index contributed by atoms with van der Waals surface area (Å²) in [7, 11) is 0. The number of carbonyl (C=O) groups is 1. The molecule has 35 heavy (non-hydrogen) atoms. The molecule has 0 aliphatic heterocycles. The number of carbonyl (C=O) groups excluding carboxylic acids is 1. The maximum atomic E-state index is 13.7. The number of hydrogen-bond donors (Lipinski definition) is 4. The van der Waals surface area contributed by atoms with Crippen molar-refractivity contribution in [3.8, 4) is 0 Å². The highest BCUT2D eigenvalue weighted by Crippen LogP contribution is 2.37. The fraction of sp³-hybridized carbons (Fsp3) is 0.222. The molecule has 1 atom stereocenters. The van der Waals surface area contributed by atoms with Crippen LogP contribution in [-0.4, -0.2) is 32.5 Å². The number of aromatic amines is 2. The van der Waals surface area contributed by atoms with E-state index in [1.54, 1.807) is 23.7 Å². The van der Waals surface area contributed by atoms with Crippen LogP contribution >= 0.6 is 0 Å². The Bertz CT molecular complexity index is 1390. The van der Waals surface area contributed by atoms with Crippen molar-refractivity contribution < 1.29 is 18.8 Å². The van der Waals surface area contributed by atoms with Crippen LogP contribution in [0.1, 0.15) is 40.4 Å². The Labute approximate surface area is 201 Å². The molecule has 1 aliphatic rings. The summed E-state index contributed by atoms with van der Waals surface area (Å²) in [6, 6.07) is 14.3. The summed E-state index contributed by atoms with van der Waals surface area (Å²) < 4.78 is 27.2. The molecule has 0 saturated heterocycles. The third-order valence-electron chi connectivity index (χ3n) is 6.67. The number of aromatic nitrogens is 2. The van der Waals surface area contributed by atoms with Crippen LogP contribution in [0, 0.1) is 11.8 Å². The molecule has 0 fully saturated rings. The molecule has 2 heterocycles. The number of nitrogens with zero attached hydrogens (tertiary/aromatic N) is 1. The summed E-state index contributed by atoms with van der Waals surface area (Å²) in [6.07, 6.45) is 7.47. The minimum atomic E-state index is -0.576. The van der Waals surface area contributed by atoms with Gasteiger partial charge in [0.25, 0.3) is 5.91 Å². The molecular weight excluding hydrogens is 450 g/mol. The van der Waals surface area contributed by atoms with Gasteiger partial charge < -0.3 is 9.97 Å². The first kappa shape index (κ1) is 23.0. The fourth-order valence-corrected chi connectivity index (χ4v) is 5.00. The Balaban J connectivity index is 1.38. The topological polar surface area (TPSA) is 84.2 Å². The van der Waals surface area contributed by atoms with Crippen LogP contribution in [0.4, 0.5) is 8.78 Å². The molecule has 1 amide bonds. The first-order valence-electron chi connectivity index (χ1n) is 11.6. The minimum Gasteiger partial charge on any atom is -0.361 e. The Morgan fingerprint density at radius 1 is 1.17 bits per heavy atom. The van der Waals surface area contributed by atoms with Crippen LogP contribution < -0.4 is 5.48 Å². The van der Waals surface area contributed by atoms with Crippen molar-refractivity contribution in [1.82, 2.24) is 20.3 Å². The van der Waals surface area contributed by atoms with Gasteiger partial charge in [-0.1, -0.05) is 18.2 Å². The van der Waals surface area contributed by atoms with Gasteiger partial charge in [-0.05, 0) is 77.9 Å². The van der Waals surface area contributed by atoms with E-state index in [0.717, 1.165) is 53.5 Å². The molecule has 2 aromatic heterocycles. The summed E-state index contributed by atoms with van der Waals surface area (Å²) >= 11 is 0. The molecule has 1 aliphatic carbocycles. The van der Waals surface area contributed by atoms with Crippen molar-refractivity contribution in [2.45, 2.75) is 31.8 Å². The molecule has 2 aromatic carbocycles. The van der Waals surface area contributed by atoms with E-state index >= 15 is 0 Å². The summed E-state index contributed by atoms with van der Waals surface area (Å²) in [5.41, 5.74) is 7.62. The number of hydroxylamine groups is 1. The molecule has 0 spiro atoms. The van der Waals surface area contributed by atoms with E-state index in [4.69, 9.17) is 5.21 Å². The number of rotatable bonds is 8. The second-order valence-electron chi connectivity index (χ2n) is 8.88. The zero-order valence-corrected chi connectivity index (χ0v) is 19.0. The lowest BCUT2D eigenvalue weighted by molar-refractivity contribution is -0.124. The minimum absolute atomic E-state index is 0.165. The van der Waals surface area contributed by atoms with Crippen molar-refractivity contribution in [2.75, 3.05) is 6.54 Å². The van der Waals surface area contributed by atoms with E-state index in [2.05, 4.69) is 27.0 Å². The molecule has 1 unspecified atom stereocenters. The van der Waals surface area contributed by atoms with Gasteiger partial charge in [0.15, 0.2) is 5.95 Å². The monoisotopic (exact) mass is 476 g/mol. The number of hydrogen-bond acceptors (Lipinski definition) is 3. The molecule has 4 N–H and O–H groups in total. The maximum Gasteiger partial charge on any atom is 0.267 e. The third kappa shape index (κ3) is 5.03. The van der Waals surface area contributed by atoms with E-state index in [1.807, 2.05) is 12.3 Å². The van der Waals surface area contributed by atoms with Gasteiger partial charge in [0.2, 0.25) is 0 Å². The van der Waals surface area contributed by atoms with Crippen LogP contribution in [0.3, 0.4) is 0 Å². The van der Waals surface area contributed by atoms with Crippen molar-refractivity contribution in [3.63, 3.8) is 0 Å². The predicted octanol–water partition coefficient (Wildman–Crippen LogP) is 5.03. The molecule has 4 aromatic rings. The summed E-state index contributed by atoms with van der Waals surface area (Å²) in [5.74, 6) is -1.20. The van der Waals surface area contributed by atoms with Gasteiger partial charge in [0.1, 0.15) is 5.82 Å². The van der Waals surface area contributed by atoms with Gasteiger partial charge in [-0.25, -0.2) is 9.87 Å². The molecule has 0 saturated carbocycles. The van der Waals surface area contributed by atoms with Crippen LogP contribution in [0.25, 0.3) is 17.0 Å². The molecule has 5 rings (SSSR count). The quantitative estimate of drug-likeness (QED) is 0.164. The van der Waals surface area contributed by atoms with Gasteiger partial charge in [-0.15, -0.1) is 0 Å². The average Bonchev–Trinajstić information content (AvgIpc) is 3.58. The molecular formula is C27H26F2N4O2. The SMILES string of the molecule is O=C(/C=C/c1ccc2c(c1)CCC2N(CCc1c[nH]c2cc(F)ccc12)Cc1ccc(F)[nH]1)NO. The standard InChI is InChI=1S/C27H26F2N4O2/c28-20-4-7-22-19(15-30-24(22)14-20)11-12-33(16-21-5-9-26(29)31-21)25-8-3-18-13-17(1-6-23(18)25)2-10-27(34)32-35/h1-2,4-7,9-10,13-15,25,30-31,35H,3,8,11-12,16H2,(H,32,34)/b10-2+. The van der Waals surface area contributed by atoms with Crippen LogP contribution in [0.5, 0.6) is 0 Å². The van der Waals surface area contributed by atoms with Gasteiger partial charge in [-0.3, -0.25) is 14.9 Å². The Morgan fingerprint density at radius 3 is 2.86 bits per heavy atom. The number of H-pyrrole nitrogens is 2. The Kier molecular flexibility index (Phi) is 6.48. The van der Waals surface area contributed by atoms with Crippen LogP contribution in [0.15, 0.2) is 60.8 Å². The van der Waals surface area contributed by atoms with E-state index in [1.165, 1.54) is 35.4 Å². The summed E-state index contributed by atoms with van der Waals surface area (Å²) in [5, 5.41) is 9.68. The second-order valence-corrected chi connectivity index (χ2v) is 8.88. The number of amides is 1. The van der Waals surface area contributed by atoms with E-state index < -0.39 is 5.91 Å². The van der Waals surface area contributed by atoms with Crippen LogP contribution in [-0.2, 0) is 24.2 Å². The smallest absolute Gasteiger partial charge is 0.267 e. The average molecular weight is 477 g/mol. The van der Waals surface area contributed by atoms with Crippen molar-refractivity contribution in [1.29, 1.82) is 0 Å². The highest BCUT2D eigenvalue weighted by molar-refractivity contribution is 5.90. The first-order valence-corrected chi connectivity index (χ1v) is 11.6. The second kappa shape index (κ2) is 9.85. The zero-order valence-electron chi connectivity index (χ0n) is 19.0. The predicted molar refractivity (Wildman–Crippen MR) is 130 cm³/mol. The normalized spacial score (nSPS) is 15.4. The Morgan fingerprint density at radius 2 is 2.06 bits per heavy atom. The number of benzene rings is 2. The lowest BCUT2D eigenvalue weighted by atomic mass is 10.0. The molecule has 8 heteroatoms. The van der Waals surface area contributed by atoms with Gasteiger partial charge >= 0.3 is 0 Å². The summed E-state index contributed by atoms with van der Waals surface area (Å²) in [4.78, 5) is 19.6. The molecule has 0 radical (unpaired) electrons. The number of nitrogens with one attached hydrogen (secondary N) is 3. The largest absolute Gasteiger partial charge is 0.361 e. The van der Waals surface area contributed by atoms with Crippen molar-refractivity contribution in [2.24, 2.45) is 0 Å². The number of halogens is 2. The van der Waals surface area contributed by atoms with E-state index in [9.17, 15) is 13.6 Å². The van der Waals surface area contributed by atoms with Gasteiger partial charge in [-0.2, -0.15) is 4.39 Å². The lowest BCUT2D eigenvalue weighted by Crippen LogP contribution is -2.29. The third-order valence-corrected chi connectivity index (χ3v) is 6.67. The maximum absolute atomic E-state index is 13.7. The highest BCUT2D eigenvalue weighted by atomic mass is 19.1. The van der Waals surface area contributed by atoms with Gasteiger partial charge in [0, 0.05) is 48.0 Å². The lowest BCUT2D eigenvalue weighted by Gasteiger charge is -2.29. The van der Waals surface area contributed by atoms with Crippen molar-refractivity contribution in [3.05, 3.63) is 101 Å². The van der Waals surface area contributed by atoms with E-state index in [0.29, 0.717) is 6.54 Å². The van der Waals surface area contributed by atoms with Gasteiger partial charge in [0.05, 0.1) is 0 Å². The van der Waals surface area contributed by atoms with E-state index in [-0.39, 0.29) is 17.8 Å². The number of aryl methyl sites for hydroxylation is 1. The van der Waals surface area contributed by atoms with Crippen LogP contribution in [0.2, 0.25) is 0 Å². The first-order chi connectivity index (χ1) is 17.0. The fourth-order valence-electron chi connectivity index (χ4n) is 5.00. The Hall–Kier alpha value is -3.75. The highest BCUT2D eigenvalue weighted by Gasteiger charge is 2.28. The molecule has 0 bridgehead atoms. The molecule has 180 valence electrons. The summed E-state index contributed by atoms with van der Waals surface area (Å²) in [6.45, 7) is 1.32.